The molecule has 0 aliphatic heterocycles. The van der Waals surface area contributed by atoms with Crippen molar-refractivity contribution in [1.29, 1.82) is 0 Å². The first-order valence-electron chi connectivity index (χ1n) is 4.90. The summed E-state index contributed by atoms with van der Waals surface area (Å²) in [6, 6.07) is 8.03. The van der Waals surface area contributed by atoms with Crippen LogP contribution in [0.2, 0.25) is 0 Å². The highest BCUT2D eigenvalue weighted by atomic mass is 32.2. The Balaban J connectivity index is 2.51. The lowest BCUT2D eigenvalue weighted by molar-refractivity contribution is -0.131. The topological polar surface area (TPSA) is 49.3 Å². The summed E-state index contributed by atoms with van der Waals surface area (Å²) in [6.07, 6.45) is 3.24. The number of thioether (sulfide) groups is 1. The van der Waals surface area contributed by atoms with E-state index in [0.717, 1.165) is 11.3 Å². The van der Waals surface area contributed by atoms with Crippen molar-refractivity contribution >= 4 is 23.4 Å². The molecule has 16 heavy (non-hydrogen) atoms. The Bertz CT molecular complexity index is 385. The van der Waals surface area contributed by atoms with Crippen LogP contribution in [0.25, 0.3) is 0 Å². The molecule has 2 N–H and O–H groups in total. The van der Waals surface area contributed by atoms with Crippen LogP contribution in [0, 0.1) is 0 Å². The first-order valence-corrected chi connectivity index (χ1v) is 6.12. The zero-order valence-electron chi connectivity index (χ0n) is 9.36. The van der Waals surface area contributed by atoms with Crippen molar-refractivity contribution in [3.05, 3.63) is 35.9 Å². The second-order valence-electron chi connectivity index (χ2n) is 3.41. The maximum absolute atomic E-state index is 10.4. The molecule has 0 aliphatic rings. The first-order chi connectivity index (χ1) is 7.61. The molecule has 1 rings (SSSR count). The predicted octanol–water partition coefficient (Wildman–Crippen LogP) is 2.85. The Hall–Kier alpha value is -1.42. The third kappa shape index (κ3) is 4.40. The lowest BCUT2D eigenvalue weighted by atomic mass is 10.2. The fraction of sp³-hybridized carbons (Fsp3) is 0.250. The molecule has 4 heteroatoms. The van der Waals surface area contributed by atoms with Gasteiger partial charge in [-0.25, -0.2) is 4.79 Å². The normalized spacial score (nSPS) is 11.2. The van der Waals surface area contributed by atoms with Crippen LogP contribution in [0.1, 0.15) is 6.92 Å². The molecule has 0 saturated heterocycles. The number of hydrogen-bond donors (Lipinski definition) is 2. The fourth-order valence-corrected chi connectivity index (χ4v) is 1.62. The van der Waals surface area contributed by atoms with Gasteiger partial charge in [-0.15, -0.1) is 11.8 Å². The Morgan fingerprint density at radius 1 is 1.44 bits per heavy atom. The number of carbonyl (C=O) groups is 1. The van der Waals surface area contributed by atoms with Crippen LogP contribution in [0.5, 0.6) is 0 Å². The van der Waals surface area contributed by atoms with Crippen molar-refractivity contribution in [2.24, 2.45) is 0 Å². The van der Waals surface area contributed by atoms with E-state index in [4.69, 9.17) is 5.11 Å². The molecule has 0 bridgehead atoms. The summed E-state index contributed by atoms with van der Waals surface area (Å²) in [7, 11) is 0. The van der Waals surface area contributed by atoms with Crippen molar-refractivity contribution in [1.82, 2.24) is 0 Å². The molecule has 1 aromatic rings. The summed E-state index contributed by atoms with van der Waals surface area (Å²) < 4.78 is 0. The molecule has 1 aromatic carbocycles. The zero-order chi connectivity index (χ0) is 12.0. The van der Waals surface area contributed by atoms with Crippen LogP contribution in [-0.2, 0) is 4.79 Å². The Morgan fingerprint density at radius 2 is 2.06 bits per heavy atom. The maximum atomic E-state index is 10.4. The predicted molar refractivity (Wildman–Crippen MR) is 68.1 cm³/mol. The Kier molecular flexibility index (Phi) is 4.92. The average Bonchev–Trinajstić information content (AvgIpc) is 2.26. The Labute approximate surface area is 99.6 Å². The number of benzene rings is 1. The third-order valence-corrected chi connectivity index (χ3v) is 2.77. The van der Waals surface area contributed by atoms with Crippen LogP contribution in [-0.4, -0.2) is 23.9 Å². The minimum absolute atomic E-state index is 0.547. The standard InChI is InChI=1S/C12H15NO2S/c1-9(7-12(14)15)8-13-10-3-5-11(16-2)6-4-10/h3-7,13H,8H2,1-2H3,(H,14,15)/b9-7+. The highest BCUT2D eigenvalue weighted by Gasteiger charge is 1.96. The maximum Gasteiger partial charge on any atom is 0.328 e. The number of anilines is 1. The van der Waals surface area contributed by atoms with E-state index < -0.39 is 5.97 Å². The molecule has 0 aromatic heterocycles. The monoisotopic (exact) mass is 237 g/mol. The molecule has 0 fully saturated rings. The van der Waals surface area contributed by atoms with Gasteiger partial charge in [0, 0.05) is 23.2 Å². The Morgan fingerprint density at radius 3 is 2.56 bits per heavy atom. The summed E-state index contributed by atoms with van der Waals surface area (Å²) in [5, 5.41) is 11.7. The van der Waals surface area contributed by atoms with Gasteiger partial charge in [-0.05, 0) is 43.0 Å². The van der Waals surface area contributed by atoms with E-state index in [1.54, 1.807) is 18.7 Å². The van der Waals surface area contributed by atoms with E-state index in [9.17, 15) is 4.79 Å². The first kappa shape index (κ1) is 12.6. The highest BCUT2D eigenvalue weighted by Crippen LogP contribution is 2.17. The van der Waals surface area contributed by atoms with E-state index in [2.05, 4.69) is 5.32 Å². The number of hydrogen-bond acceptors (Lipinski definition) is 3. The van der Waals surface area contributed by atoms with Crippen molar-refractivity contribution in [3.63, 3.8) is 0 Å². The number of nitrogens with one attached hydrogen (secondary N) is 1. The number of carboxylic acids is 1. The molecule has 0 spiro atoms. The average molecular weight is 237 g/mol. The van der Waals surface area contributed by atoms with Crippen molar-refractivity contribution < 1.29 is 9.90 Å². The summed E-state index contributed by atoms with van der Waals surface area (Å²) in [4.78, 5) is 11.6. The molecule has 86 valence electrons. The largest absolute Gasteiger partial charge is 0.478 e. The van der Waals surface area contributed by atoms with Gasteiger partial charge < -0.3 is 10.4 Å². The van der Waals surface area contributed by atoms with Gasteiger partial charge in [0.1, 0.15) is 0 Å². The minimum atomic E-state index is -0.906. The van der Waals surface area contributed by atoms with Gasteiger partial charge in [-0.1, -0.05) is 0 Å². The lowest BCUT2D eigenvalue weighted by Gasteiger charge is -2.06. The molecular formula is C12H15NO2S. The molecule has 0 amide bonds. The second kappa shape index (κ2) is 6.23. The molecule has 0 heterocycles. The molecule has 0 unspecified atom stereocenters. The van der Waals surface area contributed by atoms with Crippen molar-refractivity contribution in [2.45, 2.75) is 11.8 Å². The fourth-order valence-electron chi connectivity index (χ4n) is 1.21. The zero-order valence-corrected chi connectivity index (χ0v) is 10.2. The van der Waals surface area contributed by atoms with E-state index in [1.165, 1.54) is 11.0 Å². The molecule has 0 aliphatic carbocycles. The van der Waals surface area contributed by atoms with Gasteiger partial charge in [0.2, 0.25) is 0 Å². The SMILES string of the molecule is CSc1ccc(NC/C(C)=C/C(=O)O)cc1. The van der Waals surface area contributed by atoms with Crippen molar-refractivity contribution in [2.75, 3.05) is 18.1 Å². The molecule has 3 nitrogen and oxygen atoms in total. The van der Waals surface area contributed by atoms with Crippen molar-refractivity contribution in [3.8, 4) is 0 Å². The molecule has 0 radical (unpaired) electrons. The van der Waals surface area contributed by atoms with Crippen LogP contribution in [0.15, 0.2) is 40.8 Å². The quantitative estimate of drug-likeness (QED) is 0.610. The minimum Gasteiger partial charge on any atom is -0.478 e. The van der Waals surface area contributed by atoms with Gasteiger partial charge in [-0.3, -0.25) is 0 Å². The van der Waals surface area contributed by atoms with Gasteiger partial charge in [-0.2, -0.15) is 0 Å². The summed E-state index contributed by atoms with van der Waals surface area (Å²) >= 11 is 1.69. The van der Waals surface area contributed by atoms with Gasteiger partial charge >= 0.3 is 5.97 Å². The lowest BCUT2D eigenvalue weighted by Crippen LogP contribution is -2.04. The van der Waals surface area contributed by atoms with Gasteiger partial charge in [0.15, 0.2) is 0 Å². The summed E-state index contributed by atoms with van der Waals surface area (Å²) in [5.41, 5.74) is 1.79. The summed E-state index contributed by atoms with van der Waals surface area (Å²) in [6.45, 7) is 2.34. The summed E-state index contributed by atoms with van der Waals surface area (Å²) in [5.74, 6) is -0.906. The third-order valence-electron chi connectivity index (χ3n) is 2.03. The van der Waals surface area contributed by atoms with Crippen LogP contribution < -0.4 is 5.32 Å². The highest BCUT2D eigenvalue weighted by molar-refractivity contribution is 7.98. The van der Waals surface area contributed by atoms with Crippen LogP contribution in [0.3, 0.4) is 0 Å². The second-order valence-corrected chi connectivity index (χ2v) is 4.29. The van der Waals surface area contributed by atoms with E-state index >= 15 is 0 Å². The van der Waals surface area contributed by atoms with Crippen LogP contribution >= 0.6 is 11.8 Å². The van der Waals surface area contributed by atoms with Gasteiger partial charge in [0.05, 0.1) is 0 Å². The van der Waals surface area contributed by atoms with Crippen LogP contribution in [0.4, 0.5) is 5.69 Å². The van der Waals surface area contributed by atoms with E-state index in [0.29, 0.717) is 6.54 Å². The number of rotatable bonds is 5. The molecule has 0 atom stereocenters. The number of aliphatic carboxylic acids is 1. The number of carboxylic acid groups (broad SMARTS) is 1. The van der Waals surface area contributed by atoms with Gasteiger partial charge in [0.25, 0.3) is 0 Å². The molecule has 0 saturated carbocycles. The smallest absolute Gasteiger partial charge is 0.328 e. The van der Waals surface area contributed by atoms with E-state index in [-0.39, 0.29) is 0 Å². The van der Waals surface area contributed by atoms with E-state index in [1.807, 2.05) is 30.5 Å². The molecular weight excluding hydrogens is 222 g/mol.